The van der Waals surface area contributed by atoms with Crippen molar-refractivity contribution in [1.29, 1.82) is 0 Å². The van der Waals surface area contributed by atoms with Crippen molar-refractivity contribution in [1.82, 2.24) is 0 Å². The number of fused-ring (bicyclic) bond motifs is 1. The summed E-state index contributed by atoms with van der Waals surface area (Å²) in [7, 11) is 0. The van der Waals surface area contributed by atoms with Gasteiger partial charge < -0.3 is 10.4 Å². The summed E-state index contributed by atoms with van der Waals surface area (Å²) in [5.74, 6) is -0.342. The molecule has 2 N–H and O–H groups in total. The molecule has 0 radical (unpaired) electrons. The van der Waals surface area contributed by atoms with Crippen LogP contribution in [0.25, 0.3) is 0 Å². The molecule has 0 fully saturated rings. The molecule has 0 aliphatic carbocycles. The Morgan fingerprint density at radius 2 is 1.95 bits per heavy atom. The van der Waals surface area contributed by atoms with Crippen molar-refractivity contribution in [2.45, 2.75) is 25.9 Å². The maximum Gasteiger partial charge on any atom is 0.224 e. The Hall–Kier alpha value is -2.20. The number of hydrogen-bond donors (Lipinski definition) is 2. The molecule has 1 amide bonds. The molecule has 0 aromatic heterocycles. The van der Waals surface area contributed by atoms with Crippen molar-refractivity contribution in [3.05, 3.63) is 64.5 Å². The van der Waals surface area contributed by atoms with Crippen LogP contribution < -0.4 is 5.32 Å². The minimum atomic E-state index is -0.873. The molecule has 1 unspecified atom stereocenters. The minimum absolute atomic E-state index is 0.0107. The van der Waals surface area contributed by atoms with Crippen LogP contribution in [0.2, 0.25) is 0 Å². The molecule has 0 saturated carbocycles. The number of carbonyl (C=O) groups is 1. The van der Waals surface area contributed by atoms with Crippen LogP contribution in [0.4, 0.5) is 10.1 Å². The molecule has 0 saturated heterocycles. The van der Waals surface area contributed by atoms with Gasteiger partial charge in [0.05, 0.1) is 0 Å². The van der Waals surface area contributed by atoms with Crippen molar-refractivity contribution < 1.29 is 14.3 Å². The van der Waals surface area contributed by atoms with Crippen LogP contribution in [0.5, 0.6) is 0 Å². The second kappa shape index (κ2) is 5.30. The van der Waals surface area contributed by atoms with E-state index in [0.717, 1.165) is 16.8 Å². The molecule has 21 heavy (non-hydrogen) atoms. The molecule has 1 heterocycles. The first kappa shape index (κ1) is 13.8. The van der Waals surface area contributed by atoms with Crippen LogP contribution in [-0.4, -0.2) is 11.0 Å². The molecule has 0 bridgehead atoms. The van der Waals surface area contributed by atoms with Gasteiger partial charge in [-0.05, 0) is 53.8 Å². The SMILES string of the molecule is Cc1cc(F)cc(C(O)c2ccc3c(c2)CCC(=O)N3)c1. The Bertz CT molecular complexity index is 692. The zero-order chi connectivity index (χ0) is 15.0. The number of carbonyl (C=O) groups excluding carboxylic acids is 1. The standard InChI is InChI=1S/C17H16FNO2/c1-10-6-13(9-14(18)7-10)17(21)12-2-4-15-11(8-12)3-5-16(20)19-15/h2,4,6-9,17,21H,3,5H2,1H3,(H,19,20). The number of aryl methyl sites for hydroxylation is 2. The van der Waals surface area contributed by atoms with E-state index >= 15 is 0 Å². The fourth-order valence-corrected chi connectivity index (χ4v) is 2.69. The van der Waals surface area contributed by atoms with E-state index < -0.39 is 6.10 Å². The fraction of sp³-hybridized carbons (Fsp3) is 0.235. The molecule has 2 aromatic rings. The smallest absolute Gasteiger partial charge is 0.224 e. The lowest BCUT2D eigenvalue weighted by molar-refractivity contribution is -0.116. The lowest BCUT2D eigenvalue weighted by Crippen LogP contribution is -2.19. The first-order valence-corrected chi connectivity index (χ1v) is 6.91. The molecule has 4 heteroatoms. The number of aliphatic hydroxyl groups is 1. The largest absolute Gasteiger partial charge is 0.384 e. The van der Waals surface area contributed by atoms with Crippen molar-refractivity contribution in [2.24, 2.45) is 0 Å². The van der Waals surface area contributed by atoms with E-state index in [9.17, 15) is 14.3 Å². The van der Waals surface area contributed by atoms with Gasteiger partial charge in [-0.2, -0.15) is 0 Å². The zero-order valence-electron chi connectivity index (χ0n) is 11.7. The van der Waals surface area contributed by atoms with Crippen molar-refractivity contribution in [3.8, 4) is 0 Å². The van der Waals surface area contributed by atoms with Crippen LogP contribution in [0.15, 0.2) is 36.4 Å². The van der Waals surface area contributed by atoms with Gasteiger partial charge in [-0.25, -0.2) is 4.39 Å². The summed E-state index contributed by atoms with van der Waals surface area (Å²) in [6.45, 7) is 1.79. The highest BCUT2D eigenvalue weighted by molar-refractivity contribution is 5.93. The number of amides is 1. The minimum Gasteiger partial charge on any atom is -0.384 e. The number of aliphatic hydroxyl groups excluding tert-OH is 1. The third kappa shape index (κ3) is 2.81. The summed E-state index contributed by atoms with van der Waals surface area (Å²) in [5.41, 5.74) is 3.80. The normalized spacial score (nSPS) is 15.3. The van der Waals surface area contributed by atoms with E-state index in [1.807, 2.05) is 6.07 Å². The van der Waals surface area contributed by atoms with E-state index in [2.05, 4.69) is 5.32 Å². The van der Waals surface area contributed by atoms with Gasteiger partial charge in [0, 0.05) is 12.1 Å². The third-order valence-corrected chi connectivity index (χ3v) is 3.72. The third-order valence-electron chi connectivity index (χ3n) is 3.72. The summed E-state index contributed by atoms with van der Waals surface area (Å²) in [5, 5.41) is 13.2. The van der Waals surface area contributed by atoms with E-state index in [1.165, 1.54) is 12.1 Å². The molecule has 0 spiro atoms. The van der Waals surface area contributed by atoms with Crippen LogP contribution in [0.3, 0.4) is 0 Å². The highest BCUT2D eigenvalue weighted by atomic mass is 19.1. The van der Waals surface area contributed by atoms with Gasteiger partial charge >= 0.3 is 0 Å². The van der Waals surface area contributed by atoms with Crippen molar-refractivity contribution in [2.75, 3.05) is 5.32 Å². The average molecular weight is 285 g/mol. The molecule has 1 atom stereocenters. The number of benzene rings is 2. The van der Waals surface area contributed by atoms with Crippen LogP contribution in [0, 0.1) is 12.7 Å². The topological polar surface area (TPSA) is 49.3 Å². The van der Waals surface area contributed by atoms with Gasteiger partial charge in [0.25, 0.3) is 0 Å². The quantitative estimate of drug-likeness (QED) is 0.890. The maximum atomic E-state index is 13.5. The fourth-order valence-electron chi connectivity index (χ4n) is 2.69. The van der Waals surface area contributed by atoms with Crippen molar-refractivity contribution >= 4 is 11.6 Å². The van der Waals surface area contributed by atoms with Crippen LogP contribution >= 0.6 is 0 Å². The first-order chi connectivity index (χ1) is 10.0. The number of anilines is 1. The Balaban J connectivity index is 1.94. The van der Waals surface area contributed by atoms with Crippen LogP contribution in [0.1, 0.15) is 34.8 Å². The van der Waals surface area contributed by atoms with Crippen LogP contribution in [-0.2, 0) is 11.2 Å². The van der Waals surface area contributed by atoms with Gasteiger partial charge in [0.2, 0.25) is 5.91 Å². The average Bonchev–Trinajstić information content (AvgIpc) is 2.45. The lowest BCUT2D eigenvalue weighted by atomic mass is 9.95. The maximum absolute atomic E-state index is 13.5. The molecule has 3 rings (SSSR count). The summed E-state index contributed by atoms with van der Waals surface area (Å²) in [4.78, 5) is 11.3. The Kier molecular flexibility index (Phi) is 3.47. The number of hydrogen-bond acceptors (Lipinski definition) is 2. The van der Waals surface area contributed by atoms with E-state index in [4.69, 9.17) is 0 Å². The number of nitrogens with one attached hydrogen (secondary N) is 1. The monoisotopic (exact) mass is 285 g/mol. The second-order valence-corrected chi connectivity index (χ2v) is 5.43. The molecular weight excluding hydrogens is 269 g/mol. The summed E-state index contributed by atoms with van der Waals surface area (Å²) in [6, 6.07) is 9.97. The predicted molar refractivity (Wildman–Crippen MR) is 78.6 cm³/mol. The van der Waals surface area contributed by atoms with Gasteiger partial charge in [0.15, 0.2) is 0 Å². The van der Waals surface area contributed by atoms with Gasteiger partial charge in [-0.1, -0.05) is 18.2 Å². The Morgan fingerprint density at radius 1 is 1.14 bits per heavy atom. The highest BCUT2D eigenvalue weighted by Gasteiger charge is 2.18. The van der Waals surface area contributed by atoms with E-state index in [0.29, 0.717) is 24.0 Å². The highest BCUT2D eigenvalue weighted by Crippen LogP contribution is 2.29. The van der Waals surface area contributed by atoms with Crippen molar-refractivity contribution in [3.63, 3.8) is 0 Å². The number of rotatable bonds is 2. The zero-order valence-corrected chi connectivity index (χ0v) is 11.7. The molecule has 108 valence electrons. The van der Waals surface area contributed by atoms with E-state index in [1.54, 1.807) is 25.1 Å². The predicted octanol–water partition coefficient (Wildman–Crippen LogP) is 3.10. The van der Waals surface area contributed by atoms with Gasteiger partial charge in [0.1, 0.15) is 11.9 Å². The Morgan fingerprint density at radius 3 is 2.71 bits per heavy atom. The van der Waals surface area contributed by atoms with Gasteiger partial charge in [-0.15, -0.1) is 0 Å². The van der Waals surface area contributed by atoms with Gasteiger partial charge in [-0.3, -0.25) is 4.79 Å². The number of halogens is 1. The summed E-state index contributed by atoms with van der Waals surface area (Å²) in [6.07, 6.45) is 0.234. The Labute approximate surface area is 122 Å². The molecule has 3 nitrogen and oxygen atoms in total. The molecule has 1 aliphatic heterocycles. The molecule has 1 aliphatic rings. The van der Waals surface area contributed by atoms with E-state index in [-0.39, 0.29) is 11.7 Å². The summed E-state index contributed by atoms with van der Waals surface area (Å²) < 4.78 is 13.5. The molecular formula is C17H16FNO2. The summed E-state index contributed by atoms with van der Waals surface area (Å²) >= 11 is 0. The second-order valence-electron chi connectivity index (χ2n) is 5.43. The first-order valence-electron chi connectivity index (χ1n) is 6.91. The molecule has 2 aromatic carbocycles. The lowest BCUT2D eigenvalue weighted by Gasteiger charge is -2.19.